The highest BCUT2D eigenvalue weighted by Crippen LogP contribution is 2.38. The Hall–Kier alpha value is -1.22. The fourth-order valence-electron chi connectivity index (χ4n) is 3.83. The van der Waals surface area contributed by atoms with E-state index < -0.39 is 36.4 Å². The van der Waals surface area contributed by atoms with Crippen LogP contribution < -0.4 is 0 Å². The number of nitrogens with zero attached hydrogens (tertiary/aromatic N) is 2. The van der Waals surface area contributed by atoms with Crippen LogP contribution in [0.4, 0.5) is 8.78 Å². The van der Waals surface area contributed by atoms with Gasteiger partial charge in [0.25, 0.3) is 0 Å². The third-order valence-electron chi connectivity index (χ3n) is 5.65. The molecule has 0 amide bonds. The first-order valence-electron chi connectivity index (χ1n) is 12.3. The van der Waals surface area contributed by atoms with Gasteiger partial charge in [-0.25, -0.2) is 4.98 Å². The van der Waals surface area contributed by atoms with Gasteiger partial charge in [0.05, 0.1) is 12.2 Å². The largest absolute Gasteiger partial charge is 0.379 e. The summed E-state index contributed by atoms with van der Waals surface area (Å²) in [6, 6.07) is 0. The molecule has 4 atom stereocenters. The third-order valence-corrected chi connectivity index (χ3v) is 5.65. The lowest BCUT2D eigenvalue weighted by Crippen LogP contribution is -2.38. The van der Waals surface area contributed by atoms with E-state index in [9.17, 15) is 8.78 Å². The van der Waals surface area contributed by atoms with Gasteiger partial charge in [0, 0.05) is 26.0 Å². The van der Waals surface area contributed by atoms with E-state index in [4.69, 9.17) is 18.9 Å². The molecular weight excluding hydrogens is 418 g/mol. The molecule has 6 nitrogen and oxygen atoms in total. The average Bonchev–Trinajstić information content (AvgIpc) is 3.11. The summed E-state index contributed by atoms with van der Waals surface area (Å²) in [5.74, 6) is -0.932. The summed E-state index contributed by atoms with van der Waals surface area (Å²) in [4.78, 5) is 6.78. The van der Waals surface area contributed by atoms with Crippen molar-refractivity contribution >= 4 is 0 Å². The number of ether oxygens (including phenoxy) is 4. The first-order valence-corrected chi connectivity index (χ1v) is 12.3. The molecule has 0 aliphatic carbocycles. The van der Waals surface area contributed by atoms with Crippen LogP contribution in [-0.2, 0) is 18.9 Å². The third kappa shape index (κ3) is 8.61. The van der Waals surface area contributed by atoms with Crippen molar-refractivity contribution in [1.29, 1.82) is 0 Å². The van der Waals surface area contributed by atoms with Crippen LogP contribution >= 0.6 is 0 Å². The van der Waals surface area contributed by atoms with Crippen molar-refractivity contribution in [3.63, 3.8) is 0 Å². The summed E-state index contributed by atoms with van der Waals surface area (Å²) in [6.07, 6.45) is 7.18. The van der Waals surface area contributed by atoms with E-state index in [0.29, 0.717) is 26.4 Å². The van der Waals surface area contributed by atoms with Gasteiger partial charge in [-0.05, 0) is 19.3 Å². The van der Waals surface area contributed by atoms with Crippen LogP contribution in [0.1, 0.15) is 90.2 Å². The molecule has 1 saturated heterocycles. The molecule has 32 heavy (non-hydrogen) atoms. The maximum Gasteiger partial charge on any atom is 0.311 e. The fraction of sp³-hybridized carbons (Fsp3) is 0.833. The summed E-state index contributed by atoms with van der Waals surface area (Å²) in [6.45, 7) is 8.45. The maximum atomic E-state index is 14.5. The van der Waals surface area contributed by atoms with Gasteiger partial charge >= 0.3 is 6.08 Å². The van der Waals surface area contributed by atoms with Gasteiger partial charge in [0.2, 0.25) is 5.95 Å². The molecule has 184 valence electrons. The van der Waals surface area contributed by atoms with Gasteiger partial charge in [0.1, 0.15) is 24.4 Å². The van der Waals surface area contributed by atoms with E-state index in [1.165, 1.54) is 0 Å². The molecule has 0 aromatic carbocycles. The minimum atomic E-state index is -1.10. The van der Waals surface area contributed by atoms with Crippen molar-refractivity contribution in [3.05, 3.63) is 23.8 Å². The molecule has 1 aromatic heterocycles. The molecule has 0 unspecified atom stereocenters. The maximum absolute atomic E-state index is 14.5. The first-order chi connectivity index (χ1) is 15.6. The van der Waals surface area contributed by atoms with Crippen molar-refractivity contribution in [2.24, 2.45) is 0 Å². The number of halogens is 2. The minimum absolute atomic E-state index is 0.0857. The Balaban J connectivity index is 2.16. The quantitative estimate of drug-likeness (QED) is 0.173. The molecule has 0 radical (unpaired) electrons. The molecule has 8 heteroatoms. The molecule has 0 bridgehead atoms. The molecule has 1 aliphatic rings. The summed E-state index contributed by atoms with van der Waals surface area (Å²) < 4.78 is 52.3. The fourth-order valence-corrected chi connectivity index (χ4v) is 3.83. The van der Waals surface area contributed by atoms with Crippen LogP contribution in [0.5, 0.6) is 0 Å². The lowest BCUT2D eigenvalue weighted by Gasteiger charge is -2.25. The molecule has 2 heterocycles. The van der Waals surface area contributed by atoms with Gasteiger partial charge in [-0.2, -0.15) is 13.8 Å². The summed E-state index contributed by atoms with van der Waals surface area (Å²) in [7, 11) is 0. The van der Waals surface area contributed by atoms with Crippen molar-refractivity contribution in [2.75, 3.05) is 26.4 Å². The van der Waals surface area contributed by atoms with Crippen molar-refractivity contribution < 1.29 is 27.7 Å². The number of hydrogen-bond acceptors (Lipinski definition) is 6. The molecule has 2 rings (SSSR count). The van der Waals surface area contributed by atoms with E-state index in [1.807, 2.05) is 0 Å². The minimum Gasteiger partial charge on any atom is -0.379 e. The van der Waals surface area contributed by atoms with Crippen LogP contribution in [-0.4, -0.2) is 54.7 Å². The standard InChI is InChI=1S/C24H40F2N2O4/c1-4-7-10-13-29-17-19-21(30-14-11-8-5-2)22(31-15-12-9-6-3)20(32-19)18-16-27-24(26)28-23(18)25/h16,19-22H,4-15,17H2,1-3H3/t19-,20+,21-,22+/m1/s1. The molecule has 0 N–H and O–H groups in total. The van der Waals surface area contributed by atoms with E-state index in [0.717, 1.165) is 64.0 Å². The zero-order chi connectivity index (χ0) is 23.2. The normalized spacial score (nSPS) is 23.2. The second kappa shape index (κ2) is 15.6. The van der Waals surface area contributed by atoms with Crippen LogP contribution in [0.15, 0.2) is 6.20 Å². The Morgan fingerprint density at radius 1 is 0.844 bits per heavy atom. The Labute approximate surface area is 191 Å². The average molecular weight is 459 g/mol. The monoisotopic (exact) mass is 458 g/mol. The Kier molecular flexibility index (Phi) is 13.2. The second-order valence-corrected chi connectivity index (χ2v) is 8.35. The summed E-state index contributed by atoms with van der Waals surface area (Å²) >= 11 is 0. The topological polar surface area (TPSA) is 62.7 Å². The number of rotatable bonds is 17. The van der Waals surface area contributed by atoms with Crippen molar-refractivity contribution in [3.8, 4) is 0 Å². The van der Waals surface area contributed by atoms with Crippen LogP contribution in [0, 0.1) is 12.0 Å². The molecule has 1 aliphatic heterocycles. The van der Waals surface area contributed by atoms with Gasteiger partial charge in [-0.3, -0.25) is 0 Å². The zero-order valence-corrected chi connectivity index (χ0v) is 19.9. The van der Waals surface area contributed by atoms with Crippen molar-refractivity contribution in [1.82, 2.24) is 9.97 Å². The van der Waals surface area contributed by atoms with E-state index in [1.54, 1.807) is 0 Å². The summed E-state index contributed by atoms with van der Waals surface area (Å²) in [5, 5.41) is 0. The second-order valence-electron chi connectivity index (χ2n) is 8.35. The number of unbranched alkanes of at least 4 members (excludes halogenated alkanes) is 6. The van der Waals surface area contributed by atoms with Crippen LogP contribution in [0.3, 0.4) is 0 Å². The SMILES string of the molecule is CCCCCOC[C@H]1O[C@@H](c2cnc(F)nc2F)[C@H](OCCCCC)[C@@H]1OCCCCC. The van der Waals surface area contributed by atoms with E-state index in [2.05, 4.69) is 30.7 Å². The highest BCUT2D eigenvalue weighted by atomic mass is 19.1. The molecule has 1 aromatic rings. The smallest absolute Gasteiger partial charge is 0.311 e. The lowest BCUT2D eigenvalue weighted by molar-refractivity contribution is -0.0798. The first kappa shape index (κ1) is 27.0. The zero-order valence-electron chi connectivity index (χ0n) is 19.9. The Morgan fingerprint density at radius 2 is 1.44 bits per heavy atom. The molecule has 1 fully saturated rings. The van der Waals surface area contributed by atoms with Crippen LogP contribution in [0.25, 0.3) is 0 Å². The molecule has 0 spiro atoms. The number of aromatic nitrogens is 2. The molecular formula is C24H40F2N2O4. The molecule has 0 saturated carbocycles. The van der Waals surface area contributed by atoms with Gasteiger partial charge in [-0.15, -0.1) is 0 Å². The Morgan fingerprint density at radius 3 is 2.03 bits per heavy atom. The predicted octanol–water partition coefficient (Wildman–Crippen LogP) is 5.55. The highest BCUT2D eigenvalue weighted by Gasteiger charge is 2.48. The lowest BCUT2D eigenvalue weighted by atomic mass is 10.0. The van der Waals surface area contributed by atoms with Gasteiger partial charge in [0.15, 0.2) is 0 Å². The van der Waals surface area contributed by atoms with Gasteiger partial charge < -0.3 is 18.9 Å². The highest BCUT2D eigenvalue weighted by molar-refractivity contribution is 5.15. The number of hydrogen-bond donors (Lipinski definition) is 0. The van der Waals surface area contributed by atoms with Crippen LogP contribution in [0.2, 0.25) is 0 Å². The summed E-state index contributed by atoms with van der Waals surface area (Å²) in [5.41, 5.74) is 0.0857. The Bertz CT molecular complexity index is 638. The van der Waals surface area contributed by atoms with E-state index >= 15 is 0 Å². The predicted molar refractivity (Wildman–Crippen MR) is 118 cm³/mol. The van der Waals surface area contributed by atoms with Crippen molar-refractivity contribution in [2.45, 2.75) is 103 Å². The van der Waals surface area contributed by atoms with E-state index in [-0.39, 0.29) is 5.56 Å². The van der Waals surface area contributed by atoms with Gasteiger partial charge in [-0.1, -0.05) is 59.3 Å².